The SMILES string of the molecule is CCn1c(SCC(=O)Nc2sc(C)cc2C(=O)OC)nnc1C(C)Oc1cccc(C)c1C. The fourth-order valence-electron chi connectivity index (χ4n) is 3.26. The molecule has 2 heterocycles. The first-order valence-corrected chi connectivity index (χ1v) is 12.3. The van der Waals surface area contributed by atoms with Crippen molar-refractivity contribution in [3.8, 4) is 5.75 Å². The van der Waals surface area contributed by atoms with Crippen molar-refractivity contribution < 1.29 is 19.1 Å². The molecule has 0 radical (unpaired) electrons. The molecule has 0 aliphatic carbocycles. The number of aromatic nitrogens is 3. The highest BCUT2D eigenvalue weighted by Gasteiger charge is 2.21. The third-order valence-electron chi connectivity index (χ3n) is 5.13. The van der Waals surface area contributed by atoms with E-state index in [2.05, 4.69) is 15.5 Å². The minimum atomic E-state index is -0.476. The Balaban J connectivity index is 1.67. The van der Waals surface area contributed by atoms with Gasteiger partial charge >= 0.3 is 5.97 Å². The van der Waals surface area contributed by atoms with E-state index in [1.807, 2.05) is 57.4 Å². The van der Waals surface area contributed by atoms with Crippen LogP contribution < -0.4 is 10.1 Å². The van der Waals surface area contributed by atoms with Gasteiger partial charge in [0.1, 0.15) is 10.8 Å². The molecule has 176 valence electrons. The molecule has 0 saturated carbocycles. The number of amides is 1. The Kier molecular flexibility index (Phi) is 8.15. The van der Waals surface area contributed by atoms with E-state index in [0.717, 1.165) is 21.8 Å². The third-order valence-corrected chi connectivity index (χ3v) is 7.06. The van der Waals surface area contributed by atoms with Crippen LogP contribution in [0.4, 0.5) is 5.00 Å². The Morgan fingerprint density at radius 3 is 2.70 bits per heavy atom. The van der Waals surface area contributed by atoms with Gasteiger partial charge in [-0.15, -0.1) is 21.5 Å². The highest BCUT2D eigenvalue weighted by molar-refractivity contribution is 7.99. The van der Waals surface area contributed by atoms with Crippen molar-refractivity contribution in [1.29, 1.82) is 0 Å². The van der Waals surface area contributed by atoms with Gasteiger partial charge in [-0.25, -0.2) is 4.79 Å². The Morgan fingerprint density at radius 1 is 1.24 bits per heavy atom. The van der Waals surface area contributed by atoms with Crippen LogP contribution in [0.25, 0.3) is 0 Å². The van der Waals surface area contributed by atoms with E-state index in [-0.39, 0.29) is 17.8 Å². The van der Waals surface area contributed by atoms with E-state index < -0.39 is 5.97 Å². The summed E-state index contributed by atoms with van der Waals surface area (Å²) in [6, 6.07) is 7.67. The minimum absolute atomic E-state index is 0.127. The Labute approximate surface area is 201 Å². The van der Waals surface area contributed by atoms with Crippen LogP contribution in [-0.2, 0) is 16.1 Å². The maximum absolute atomic E-state index is 12.5. The van der Waals surface area contributed by atoms with Crippen LogP contribution in [0.1, 0.15) is 52.1 Å². The topological polar surface area (TPSA) is 95.3 Å². The lowest BCUT2D eigenvalue weighted by Crippen LogP contribution is -2.16. The second-order valence-corrected chi connectivity index (χ2v) is 9.67. The zero-order chi connectivity index (χ0) is 24.1. The molecule has 1 N–H and O–H groups in total. The van der Waals surface area contributed by atoms with E-state index >= 15 is 0 Å². The van der Waals surface area contributed by atoms with Crippen molar-refractivity contribution in [2.24, 2.45) is 0 Å². The summed E-state index contributed by atoms with van der Waals surface area (Å²) >= 11 is 2.62. The van der Waals surface area contributed by atoms with Gasteiger partial charge in [0, 0.05) is 11.4 Å². The number of hydrogen-bond donors (Lipinski definition) is 1. The number of rotatable bonds is 9. The number of aryl methyl sites for hydroxylation is 2. The van der Waals surface area contributed by atoms with Crippen LogP contribution >= 0.6 is 23.1 Å². The zero-order valence-corrected chi connectivity index (χ0v) is 21.2. The number of anilines is 1. The molecule has 1 amide bonds. The number of benzene rings is 1. The lowest BCUT2D eigenvalue weighted by molar-refractivity contribution is -0.113. The number of thiophene rings is 1. The molecule has 3 rings (SSSR count). The molecule has 0 spiro atoms. The normalized spacial score (nSPS) is 11.8. The zero-order valence-electron chi connectivity index (χ0n) is 19.6. The van der Waals surface area contributed by atoms with Crippen molar-refractivity contribution in [1.82, 2.24) is 14.8 Å². The average molecular weight is 489 g/mol. The molecule has 1 unspecified atom stereocenters. The lowest BCUT2D eigenvalue weighted by Gasteiger charge is -2.17. The summed E-state index contributed by atoms with van der Waals surface area (Å²) in [6.07, 6.45) is -0.308. The first kappa shape index (κ1) is 24.8. The highest BCUT2D eigenvalue weighted by atomic mass is 32.2. The predicted octanol–water partition coefficient (Wildman–Crippen LogP) is 4.94. The second kappa shape index (κ2) is 10.8. The van der Waals surface area contributed by atoms with Crippen molar-refractivity contribution in [2.45, 2.75) is 52.4 Å². The highest BCUT2D eigenvalue weighted by Crippen LogP contribution is 2.30. The number of ether oxygens (including phenoxy) is 2. The van der Waals surface area contributed by atoms with Crippen molar-refractivity contribution in [3.05, 3.63) is 51.7 Å². The summed E-state index contributed by atoms with van der Waals surface area (Å²) in [5.41, 5.74) is 2.61. The molecular weight excluding hydrogens is 460 g/mol. The number of carbonyl (C=O) groups is 2. The summed E-state index contributed by atoms with van der Waals surface area (Å²) in [5.74, 6) is 0.925. The van der Waals surface area contributed by atoms with Crippen molar-refractivity contribution in [2.75, 3.05) is 18.2 Å². The van der Waals surface area contributed by atoms with Gasteiger partial charge in [0.2, 0.25) is 5.91 Å². The van der Waals surface area contributed by atoms with Crippen LogP contribution in [-0.4, -0.2) is 39.5 Å². The lowest BCUT2D eigenvalue weighted by atomic mass is 10.1. The number of esters is 1. The van der Waals surface area contributed by atoms with Crippen molar-refractivity contribution in [3.63, 3.8) is 0 Å². The van der Waals surface area contributed by atoms with Gasteiger partial charge in [0.15, 0.2) is 17.1 Å². The number of thioether (sulfide) groups is 1. The third kappa shape index (κ3) is 5.75. The van der Waals surface area contributed by atoms with Gasteiger partial charge in [0.05, 0.1) is 18.4 Å². The smallest absolute Gasteiger partial charge is 0.340 e. The number of hydrogen-bond acceptors (Lipinski definition) is 8. The number of nitrogens with one attached hydrogen (secondary N) is 1. The largest absolute Gasteiger partial charge is 0.482 e. The fraction of sp³-hybridized carbons (Fsp3) is 0.391. The first-order valence-electron chi connectivity index (χ1n) is 10.5. The van der Waals surface area contributed by atoms with Crippen LogP contribution in [0, 0.1) is 20.8 Å². The number of carbonyl (C=O) groups excluding carboxylic acids is 2. The summed E-state index contributed by atoms with van der Waals surface area (Å²) in [6.45, 7) is 10.5. The molecule has 0 aliphatic rings. The summed E-state index contributed by atoms with van der Waals surface area (Å²) in [4.78, 5) is 25.4. The molecule has 8 nitrogen and oxygen atoms in total. The van der Waals surface area contributed by atoms with Crippen LogP contribution in [0.15, 0.2) is 29.4 Å². The molecule has 1 aromatic carbocycles. The second-order valence-electron chi connectivity index (χ2n) is 7.47. The quantitative estimate of drug-likeness (QED) is 0.337. The van der Waals surface area contributed by atoms with Gasteiger partial charge in [-0.3, -0.25) is 4.79 Å². The maximum atomic E-state index is 12.5. The van der Waals surface area contributed by atoms with Gasteiger partial charge < -0.3 is 19.4 Å². The fourth-order valence-corrected chi connectivity index (χ4v) is 4.99. The van der Waals surface area contributed by atoms with Gasteiger partial charge in [0.25, 0.3) is 0 Å². The minimum Gasteiger partial charge on any atom is -0.482 e. The average Bonchev–Trinajstić information content (AvgIpc) is 3.37. The van der Waals surface area contributed by atoms with Crippen LogP contribution in [0.3, 0.4) is 0 Å². The summed E-state index contributed by atoms with van der Waals surface area (Å²) < 4.78 is 12.9. The van der Waals surface area contributed by atoms with Crippen molar-refractivity contribution >= 4 is 40.0 Å². The molecule has 33 heavy (non-hydrogen) atoms. The summed E-state index contributed by atoms with van der Waals surface area (Å²) in [5, 5.41) is 12.5. The molecule has 0 fully saturated rings. The maximum Gasteiger partial charge on any atom is 0.340 e. The molecule has 1 atom stereocenters. The predicted molar refractivity (Wildman–Crippen MR) is 130 cm³/mol. The van der Waals surface area contributed by atoms with E-state index in [4.69, 9.17) is 9.47 Å². The molecule has 0 aliphatic heterocycles. The molecule has 0 saturated heterocycles. The standard InChI is InChI=1S/C23H28N4O4S2/c1-7-27-20(16(5)31-18-10-8-9-13(2)15(18)4)25-26-23(27)32-12-19(28)24-21-17(22(29)30-6)11-14(3)33-21/h8-11,16H,7,12H2,1-6H3,(H,24,28). The Hall–Kier alpha value is -2.85. The Bertz CT molecular complexity index is 1160. The van der Waals surface area contributed by atoms with E-state index in [1.54, 1.807) is 6.07 Å². The van der Waals surface area contributed by atoms with Gasteiger partial charge in [-0.2, -0.15) is 0 Å². The van der Waals surface area contributed by atoms with Crippen LogP contribution in [0.2, 0.25) is 0 Å². The van der Waals surface area contributed by atoms with Gasteiger partial charge in [-0.1, -0.05) is 23.9 Å². The van der Waals surface area contributed by atoms with Gasteiger partial charge in [-0.05, 0) is 57.9 Å². The van der Waals surface area contributed by atoms with Crippen LogP contribution in [0.5, 0.6) is 5.75 Å². The van der Waals surface area contributed by atoms with E-state index in [0.29, 0.717) is 28.1 Å². The number of methoxy groups -OCH3 is 1. The molecule has 3 aromatic rings. The first-order chi connectivity index (χ1) is 15.7. The van der Waals surface area contributed by atoms with E-state index in [1.165, 1.54) is 30.2 Å². The molecule has 2 aromatic heterocycles. The molecule has 10 heteroatoms. The number of nitrogens with zero attached hydrogens (tertiary/aromatic N) is 3. The molecule has 0 bridgehead atoms. The monoisotopic (exact) mass is 488 g/mol. The summed E-state index contributed by atoms with van der Waals surface area (Å²) in [7, 11) is 1.32. The van der Waals surface area contributed by atoms with E-state index in [9.17, 15) is 9.59 Å². The Morgan fingerprint density at radius 2 is 2.00 bits per heavy atom. The molecular formula is C23H28N4O4S2.